The van der Waals surface area contributed by atoms with E-state index in [1.165, 1.54) is 0 Å². The van der Waals surface area contributed by atoms with Crippen LogP contribution in [0, 0.1) is 0 Å². The molecule has 0 aliphatic carbocycles. The molecule has 0 N–H and O–H groups in total. The van der Waals surface area contributed by atoms with Gasteiger partial charge in [0.15, 0.2) is 6.20 Å². The standard InChI is InChI=1S/C38H32N2O3S/c41-44(42,43)29-9-27-39-28-26-33(37-14-7-8-15-38(37)39)21-18-30-16-19-31(20-17-30)32-22-24-36(25-23-32)40(34-10-3-1-4-11-34)35-12-5-2-6-13-35/h1-8,10-26,28H,9,27,29H2. The normalized spacial score (nSPS) is 11.7. The Kier molecular flexibility index (Phi) is 8.64. The van der Waals surface area contributed by atoms with E-state index >= 15 is 0 Å². The van der Waals surface area contributed by atoms with E-state index in [4.69, 9.17) is 0 Å². The Morgan fingerprint density at radius 3 is 1.77 bits per heavy atom. The van der Waals surface area contributed by atoms with Crippen molar-refractivity contribution in [2.75, 3.05) is 10.7 Å². The average molecular weight is 597 g/mol. The second-order valence-corrected chi connectivity index (χ2v) is 12.1. The Morgan fingerprint density at radius 1 is 0.614 bits per heavy atom. The summed E-state index contributed by atoms with van der Waals surface area (Å²) in [5.74, 6) is -0.365. The molecule has 0 saturated carbocycles. The van der Waals surface area contributed by atoms with E-state index in [-0.39, 0.29) is 12.2 Å². The first-order chi connectivity index (χ1) is 21.4. The van der Waals surface area contributed by atoms with E-state index in [0.717, 1.165) is 50.2 Å². The molecule has 218 valence electrons. The Hall–Kier alpha value is -5.04. The van der Waals surface area contributed by atoms with Crippen LogP contribution in [0.4, 0.5) is 17.1 Å². The number of nitrogens with zero attached hydrogens (tertiary/aromatic N) is 2. The van der Waals surface area contributed by atoms with E-state index in [9.17, 15) is 13.0 Å². The highest BCUT2D eigenvalue weighted by Gasteiger charge is 2.13. The molecule has 6 heteroatoms. The maximum atomic E-state index is 11.0. The van der Waals surface area contributed by atoms with Crippen LogP contribution < -0.4 is 9.47 Å². The van der Waals surface area contributed by atoms with Crippen molar-refractivity contribution in [1.29, 1.82) is 0 Å². The Balaban J connectivity index is 1.19. The lowest BCUT2D eigenvalue weighted by Gasteiger charge is -2.25. The monoisotopic (exact) mass is 596 g/mol. The molecule has 6 aromatic rings. The van der Waals surface area contributed by atoms with Gasteiger partial charge in [-0.3, -0.25) is 0 Å². The zero-order valence-electron chi connectivity index (χ0n) is 24.2. The number of aryl methyl sites for hydroxylation is 1. The highest BCUT2D eigenvalue weighted by molar-refractivity contribution is 7.85. The maximum Gasteiger partial charge on any atom is 0.213 e. The van der Waals surface area contributed by atoms with Gasteiger partial charge in [-0.25, -0.2) is 8.42 Å². The Labute approximate surface area is 258 Å². The van der Waals surface area contributed by atoms with Gasteiger partial charge in [0.25, 0.3) is 0 Å². The molecule has 6 rings (SSSR count). The lowest BCUT2D eigenvalue weighted by molar-refractivity contribution is -0.671. The summed E-state index contributed by atoms with van der Waals surface area (Å²) in [6, 6.07) is 48.0. The average Bonchev–Trinajstić information content (AvgIpc) is 3.05. The van der Waals surface area contributed by atoms with Crippen molar-refractivity contribution in [3.05, 3.63) is 157 Å². The van der Waals surface area contributed by atoms with E-state index in [0.29, 0.717) is 6.54 Å². The van der Waals surface area contributed by atoms with Gasteiger partial charge in [0, 0.05) is 41.4 Å². The van der Waals surface area contributed by atoms with Gasteiger partial charge in [-0.2, -0.15) is 4.57 Å². The summed E-state index contributed by atoms with van der Waals surface area (Å²) in [4.78, 5) is 2.25. The van der Waals surface area contributed by atoms with Crippen molar-refractivity contribution in [1.82, 2.24) is 0 Å². The van der Waals surface area contributed by atoms with E-state index in [1.807, 2.05) is 47.2 Å². The maximum absolute atomic E-state index is 11.0. The first kappa shape index (κ1) is 29.1. The highest BCUT2D eigenvalue weighted by atomic mass is 32.2. The van der Waals surface area contributed by atoms with Crippen LogP contribution in [0.2, 0.25) is 0 Å². The molecule has 1 heterocycles. The van der Waals surface area contributed by atoms with Gasteiger partial charge < -0.3 is 9.45 Å². The molecule has 44 heavy (non-hydrogen) atoms. The van der Waals surface area contributed by atoms with Crippen LogP contribution in [0.15, 0.2) is 146 Å². The number of rotatable bonds is 10. The molecule has 0 spiro atoms. The van der Waals surface area contributed by atoms with Gasteiger partial charge in [-0.15, -0.1) is 0 Å². The molecule has 0 bridgehead atoms. The number of benzene rings is 5. The number of pyridine rings is 1. The number of fused-ring (bicyclic) bond motifs is 1. The van der Waals surface area contributed by atoms with Crippen molar-refractivity contribution in [2.45, 2.75) is 13.0 Å². The summed E-state index contributed by atoms with van der Waals surface area (Å²) in [5.41, 5.74) is 8.75. The predicted molar refractivity (Wildman–Crippen MR) is 179 cm³/mol. The van der Waals surface area contributed by atoms with Crippen LogP contribution >= 0.6 is 0 Å². The van der Waals surface area contributed by atoms with E-state index in [1.54, 1.807) is 0 Å². The van der Waals surface area contributed by atoms with Crippen molar-refractivity contribution in [3.8, 4) is 11.1 Å². The fraction of sp³-hybridized carbons (Fsp3) is 0.0789. The van der Waals surface area contributed by atoms with Crippen molar-refractivity contribution < 1.29 is 17.5 Å². The molecule has 0 aliphatic rings. The summed E-state index contributed by atoms with van der Waals surface area (Å²) >= 11 is 0. The van der Waals surface area contributed by atoms with Crippen LogP contribution in [0.3, 0.4) is 0 Å². The van der Waals surface area contributed by atoms with Crippen molar-refractivity contribution in [2.24, 2.45) is 0 Å². The third kappa shape index (κ3) is 6.94. The molecule has 0 unspecified atom stereocenters. The van der Waals surface area contributed by atoms with Gasteiger partial charge in [0.2, 0.25) is 5.52 Å². The molecule has 0 atom stereocenters. The third-order valence-electron chi connectivity index (χ3n) is 7.61. The fourth-order valence-corrected chi connectivity index (χ4v) is 5.92. The molecule has 0 fully saturated rings. The molecule has 0 radical (unpaired) electrons. The Morgan fingerprint density at radius 2 is 1.16 bits per heavy atom. The zero-order chi connectivity index (χ0) is 30.4. The van der Waals surface area contributed by atoms with E-state index < -0.39 is 10.1 Å². The topological polar surface area (TPSA) is 64.3 Å². The van der Waals surface area contributed by atoms with Crippen LogP contribution in [-0.2, 0) is 16.7 Å². The number of hydrogen-bond acceptors (Lipinski definition) is 4. The predicted octanol–water partition coefficient (Wildman–Crippen LogP) is 8.37. The zero-order valence-corrected chi connectivity index (χ0v) is 25.0. The quantitative estimate of drug-likeness (QED) is 0.118. The Bertz CT molecular complexity index is 1950. The van der Waals surface area contributed by atoms with Gasteiger partial charge in [-0.05, 0) is 64.7 Å². The van der Waals surface area contributed by atoms with Gasteiger partial charge in [-0.1, -0.05) is 97.1 Å². The van der Waals surface area contributed by atoms with Gasteiger partial charge >= 0.3 is 0 Å². The number of anilines is 3. The molecule has 5 nitrogen and oxygen atoms in total. The molecular weight excluding hydrogens is 564 g/mol. The van der Waals surface area contributed by atoms with Gasteiger partial charge in [0.05, 0.1) is 15.5 Å². The minimum Gasteiger partial charge on any atom is -0.748 e. The smallest absolute Gasteiger partial charge is 0.213 e. The first-order valence-corrected chi connectivity index (χ1v) is 16.2. The second kappa shape index (κ2) is 13.1. The lowest BCUT2D eigenvalue weighted by atomic mass is 10.0. The minimum absolute atomic E-state index is 0.281. The summed E-state index contributed by atoms with van der Waals surface area (Å²) < 4.78 is 35.1. The summed E-state index contributed by atoms with van der Waals surface area (Å²) in [6.45, 7) is 0.463. The molecule has 1 aromatic heterocycles. The highest BCUT2D eigenvalue weighted by Crippen LogP contribution is 2.35. The first-order valence-electron chi connectivity index (χ1n) is 14.6. The van der Waals surface area contributed by atoms with E-state index in [2.05, 4.69) is 120 Å². The summed E-state index contributed by atoms with van der Waals surface area (Å²) in [5, 5.41) is 1.06. The van der Waals surface area contributed by atoms with Crippen LogP contribution in [-0.4, -0.2) is 18.7 Å². The summed E-state index contributed by atoms with van der Waals surface area (Å²) in [6.07, 6.45) is 6.42. The van der Waals surface area contributed by atoms with Gasteiger partial charge in [0.1, 0.15) is 6.54 Å². The number of aromatic nitrogens is 1. The SMILES string of the molecule is O=S(=O)([O-])CCC[n+]1ccc(/C=C/c2ccc(-c3ccc(N(c4ccccc4)c4ccccc4)cc3)cc2)c2ccccc21. The molecular formula is C38H32N2O3S. The minimum atomic E-state index is -4.22. The number of para-hydroxylation sites is 3. The largest absolute Gasteiger partial charge is 0.748 e. The number of hydrogen-bond donors (Lipinski definition) is 0. The third-order valence-corrected chi connectivity index (χ3v) is 8.39. The second-order valence-electron chi connectivity index (χ2n) is 10.6. The van der Waals surface area contributed by atoms with Crippen LogP contribution in [0.1, 0.15) is 17.5 Å². The molecule has 0 amide bonds. The van der Waals surface area contributed by atoms with Crippen molar-refractivity contribution in [3.63, 3.8) is 0 Å². The summed E-state index contributed by atoms with van der Waals surface area (Å²) in [7, 11) is -4.22. The van der Waals surface area contributed by atoms with Crippen LogP contribution in [0.5, 0.6) is 0 Å². The molecule has 0 saturated heterocycles. The molecule has 0 aliphatic heterocycles. The lowest BCUT2D eigenvalue weighted by Crippen LogP contribution is -2.35. The molecule has 5 aromatic carbocycles. The van der Waals surface area contributed by atoms with Crippen LogP contribution in [0.25, 0.3) is 34.2 Å². The fourth-order valence-electron chi connectivity index (χ4n) is 5.44. The van der Waals surface area contributed by atoms with Crippen molar-refractivity contribution >= 4 is 50.2 Å².